The number of nitrogens with zero attached hydrogens (tertiary/aromatic N) is 1. The van der Waals surface area contributed by atoms with Gasteiger partial charge in [0, 0.05) is 29.4 Å². The fourth-order valence-corrected chi connectivity index (χ4v) is 4.46. The van der Waals surface area contributed by atoms with Gasteiger partial charge >= 0.3 is 0 Å². The number of hydrogen-bond donors (Lipinski definition) is 1. The Hall–Kier alpha value is -3.17. The molecule has 3 heteroatoms. The third-order valence-corrected chi connectivity index (χ3v) is 6.02. The fraction of sp³-hybridized carbons (Fsp3) is 0.0417. The van der Waals surface area contributed by atoms with Crippen molar-refractivity contribution >= 4 is 28.0 Å². The molecule has 27 heavy (non-hydrogen) atoms. The molecule has 0 saturated heterocycles. The Morgan fingerprint density at radius 2 is 1.44 bits per heavy atom. The van der Waals surface area contributed by atoms with Crippen LogP contribution in [0.5, 0.6) is 0 Å². The summed E-state index contributed by atoms with van der Waals surface area (Å²) in [5.41, 5.74) is 7.55. The van der Waals surface area contributed by atoms with Gasteiger partial charge in [0.15, 0.2) is 0 Å². The minimum atomic E-state index is 0.873. The van der Waals surface area contributed by atoms with Gasteiger partial charge in [-0.3, -0.25) is 4.98 Å². The van der Waals surface area contributed by atoms with E-state index in [1.807, 2.05) is 35.9 Å². The van der Waals surface area contributed by atoms with Crippen LogP contribution in [0, 0.1) is 0 Å². The smallest absolute Gasteiger partial charge is 0.0965 e. The van der Waals surface area contributed by atoms with Crippen LogP contribution < -0.4 is 5.32 Å². The summed E-state index contributed by atoms with van der Waals surface area (Å²) in [5.74, 6) is 0. The predicted octanol–water partition coefficient (Wildman–Crippen LogP) is 6.44. The van der Waals surface area contributed by atoms with E-state index in [4.69, 9.17) is 0 Å². The van der Waals surface area contributed by atoms with Gasteiger partial charge in [-0.15, -0.1) is 11.3 Å². The molecule has 0 saturated carbocycles. The lowest BCUT2D eigenvalue weighted by Gasteiger charge is -2.15. The fourth-order valence-electron chi connectivity index (χ4n) is 3.42. The zero-order valence-corrected chi connectivity index (χ0v) is 15.5. The van der Waals surface area contributed by atoms with E-state index < -0.39 is 0 Å². The molecule has 3 heterocycles. The quantitative estimate of drug-likeness (QED) is 0.451. The van der Waals surface area contributed by atoms with Crippen molar-refractivity contribution in [1.82, 2.24) is 4.98 Å². The molecule has 1 aliphatic rings. The first-order valence-electron chi connectivity index (χ1n) is 9.01. The molecule has 0 fully saturated rings. The second-order valence-corrected chi connectivity index (χ2v) is 7.65. The Bertz CT molecular complexity index is 1090. The summed E-state index contributed by atoms with van der Waals surface area (Å²) in [6, 6.07) is 25.7. The summed E-state index contributed by atoms with van der Waals surface area (Å²) in [5, 5.41) is 4.83. The van der Waals surface area contributed by atoms with Crippen molar-refractivity contribution in [2.75, 3.05) is 11.9 Å². The number of rotatable bonds is 3. The van der Waals surface area contributed by atoms with E-state index in [2.05, 4.69) is 77.0 Å². The van der Waals surface area contributed by atoms with Crippen molar-refractivity contribution in [1.29, 1.82) is 0 Å². The molecular weight excluding hydrogens is 348 g/mol. The number of anilines is 1. The van der Waals surface area contributed by atoms with E-state index in [0.29, 0.717) is 0 Å². The standard InChI is InChI=1S/C24H18N2S/c1-2-4-17(5-3-1)22-14-21-15-23(27-24(21)26-16-22)20-8-6-18(7-9-20)19-10-12-25-13-11-19/h1-15,26H,16H2. The van der Waals surface area contributed by atoms with Crippen LogP contribution >= 0.6 is 11.3 Å². The lowest BCUT2D eigenvalue weighted by Crippen LogP contribution is -2.07. The van der Waals surface area contributed by atoms with Crippen LogP contribution in [0.15, 0.2) is 85.2 Å². The highest BCUT2D eigenvalue weighted by molar-refractivity contribution is 7.19. The molecule has 0 spiro atoms. The summed E-state index contributed by atoms with van der Waals surface area (Å²) >= 11 is 1.82. The Labute approximate surface area is 162 Å². The molecule has 0 radical (unpaired) electrons. The summed E-state index contributed by atoms with van der Waals surface area (Å²) in [7, 11) is 0. The highest BCUT2D eigenvalue weighted by Gasteiger charge is 2.15. The molecule has 2 nitrogen and oxygen atoms in total. The second-order valence-electron chi connectivity index (χ2n) is 6.60. The average molecular weight is 366 g/mol. The first kappa shape index (κ1) is 16.0. The van der Waals surface area contributed by atoms with Crippen LogP contribution in [-0.2, 0) is 0 Å². The zero-order valence-electron chi connectivity index (χ0n) is 14.7. The minimum Gasteiger partial charge on any atom is -0.372 e. The van der Waals surface area contributed by atoms with Crippen molar-refractivity contribution in [3.8, 4) is 21.6 Å². The van der Waals surface area contributed by atoms with Crippen LogP contribution in [0.25, 0.3) is 33.2 Å². The second kappa shape index (κ2) is 6.86. The number of nitrogens with one attached hydrogen (secondary N) is 1. The van der Waals surface area contributed by atoms with Gasteiger partial charge < -0.3 is 5.32 Å². The van der Waals surface area contributed by atoms with Crippen LogP contribution in [0.4, 0.5) is 5.00 Å². The third kappa shape index (κ3) is 3.18. The summed E-state index contributed by atoms with van der Waals surface area (Å²) in [4.78, 5) is 5.38. The van der Waals surface area contributed by atoms with Gasteiger partial charge in [0.05, 0.1) is 5.00 Å². The normalized spacial score (nSPS) is 12.8. The summed E-state index contributed by atoms with van der Waals surface area (Å²) in [6.07, 6.45) is 5.98. The van der Waals surface area contributed by atoms with E-state index in [-0.39, 0.29) is 0 Å². The number of pyridine rings is 1. The first-order chi connectivity index (χ1) is 13.4. The minimum absolute atomic E-state index is 0.873. The first-order valence-corrected chi connectivity index (χ1v) is 9.83. The van der Waals surface area contributed by atoms with Gasteiger partial charge in [0.25, 0.3) is 0 Å². The molecule has 2 aromatic heterocycles. The SMILES string of the molecule is C1=C(c2ccccc2)CNc2sc(-c3ccc(-c4ccncc4)cc3)cc21. The van der Waals surface area contributed by atoms with E-state index >= 15 is 0 Å². The Morgan fingerprint density at radius 3 is 2.22 bits per heavy atom. The molecule has 0 bridgehead atoms. The Morgan fingerprint density at radius 1 is 0.741 bits per heavy atom. The molecule has 2 aromatic carbocycles. The highest BCUT2D eigenvalue weighted by Crippen LogP contribution is 2.40. The summed E-state index contributed by atoms with van der Waals surface area (Å²) < 4.78 is 0. The van der Waals surface area contributed by atoms with E-state index in [9.17, 15) is 0 Å². The van der Waals surface area contributed by atoms with Crippen LogP contribution in [0.2, 0.25) is 0 Å². The number of hydrogen-bond acceptors (Lipinski definition) is 3. The van der Waals surface area contributed by atoms with Crippen LogP contribution in [0.3, 0.4) is 0 Å². The zero-order chi connectivity index (χ0) is 18.1. The molecule has 0 unspecified atom stereocenters. The highest BCUT2D eigenvalue weighted by atomic mass is 32.1. The van der Waals surface area contributed by atoms with Crippen molar-refractivity contribution in [3.63, 3.8) is 0 Å². The lowest BCUT2D eigenvalue weighted by atomic mass is 10.0. The number of aromatic nitrogens is 1. The molecule has 130 valence electrons. The van der Waals surface area contributed by atoms with Crippen LogP contribution in [-0.4, -0.2) is 11.5 Å². The molecule has 0 aliphatic carbocycles. The summed E-state index contributed by atoms with van der Waals surface area (Å²) in [6.45, 7) is 0.873. The number of fused-ring (bicyclic) bond motifs is 1. The Kier molecular flexibility index (Phi) is 4.07. The van der Waals surface area contributed by atoms with Crippen molar-refractivity contribution in [3.05, 3.63) is 96.3 Å². The van der Waals surface area contributed by atoms with Crippen LogP contribution in [0.1, 0.15) is 11.1 Å². The molecular formula is C24H18N2S. The average Bonchev–Trinajstić information content (AvgIpc) is 3.18. The molecule has 0 atom stereocenters. The van der Waals surface area contributed by atoms with Crippen molar-refractivity contribution in [2.45, 2.75) is 0 Å². The van der Waals surface area contributed by atoms with E-state index in [1.54, 1.807) is 0 Å². The maximum atomic E-state index is 4.09. The van der Waals surface area contributed by atoms with Gasteiger partial charge in [-0.1, -0.05) is 54.6 Å². The lowest BCUT2D eigenvalue weighted by molar-refractivity contribution is 1.33. The van der Waals surface area contributed by atoms with Gasteiger partial charge in [0.2, 0.25) is 0 Å². The molecule has 1 aliphatic heterocycles. The van der Waals surface area contributed by atoms with E-state index in [1.165, 1.54) is 43.3 Å². The maximum absolute atomic E-state index is 4.09. The monoisotopic (exact) mass is 366 g/mol. The topological polar surface area (TPSA) is 24.9 Å². The van der Waals surface area contributed by atoms with Gasteiger partial charge in [-0.25, -0.2) is 0 Å². The largest absolute Gasteiger partial charge is 0.372 e. The molecule has 0 amide bonds. The number of benzene rings is 2. The molecule has 5 rings (SSSR count). The van der Waals surface area contributed by atoms with Crippen molar-refractivity contribution in [2.24, 2.45) is 0 Å². The number of thiophene rings is 1. The maximum Gasteiger partial charge on any atom is 0.0965 e. The molecule has 4 aromatic rings. The van der Waals surface area contributed by atoms with Crippen molar-refractivity contribution < 1.29 is 0 Å². The van der Waals surface area contributed by atoms with Gasteiger partial charge in [-0.2, -0.15) is 0 Å². The predicted molar refractivity (Wildman–Crippen MR) is 116 cm³/mol. The van der Waals surface area contributed by atoms with Gasteiger partial charge in [-0.05, 0) is 52.1 Å². The third-order valence-electron chi connectivity index (χ3n) is 4.86. The molecule has 1 N–H and O–H groups in total. The Balaban J connectivity index is 1.45. The van der Waals surface area contributed by atoms with E-state index in [0.717, 1.165) is 6.54 Å². The van der Waals surface area contributed by atoms with Gasteiger partial charge in [0.1, 0.15) is 0 Å².